The van der Waals surface area contributed by atoms with Gasteiger partial charge in [-0.05, 0) is 39.2 Å². The first-order valence-corrected chi connectivity index (χ1v) is 14.2. The highest BCUT2D eigenvalue weighted by atomic mass is 32.1. The highest BCUT2D eigenvalue weighted by molar-refractivity contribution is 7.17. The van der Waals surface area contributed by atoms with Gasteiger partial charge in [0.25, 0.3) is 11.8 Å². The number of nitrogens with one attached hydrogen (secondary N) is 2. The Morgan fingerprint density at radius 2 is 1.93 bits per heavy atom. The van der Waals surface area contributed by atoms with Gasteiger partial charge < -0.3 is 25.4 Å². The number of nitrogens with zero attached hydrogens (tertiary/aromatic N) is 3. The Bertz CT molecular complexity index is 1300. The molecule has 2 aliphatic rings. The van der Waals surface area contributed by atoms with E-state index in [2.05, 4.69) is 15.3 Å². The number of alkyl halides is 6. The number of pyridine rings is 1. The van der Waals surface area contributed by atoms with E-state index in [0.29, 0.717) is 36.7 Å². The fourth-order valence-electron chi connectivity index (χ4n) is 5.09. The molecular formula is C26H31F6N5O4S. The molecule has 4 rings (SSSR count). The average Bonchev–Trinajstić information content (AvgIpc) is 3.62. The summed E-state index contributed by atoms with van der Waals surface area (Å²) in [6, 6.07) is -2.94. The molecule has 2 aliphatic heterocycles. The highest BCUT2D eigenvalue weighted by Gasteiger charge is 2.41. The van der Waals surface area contributed by atoms with Gasteiger partial charge in [-0.25, -0.2) is 9.97 Å². The molecule has 0 bridgehead atoms. The van der Waals surface area contributed by atoms with Crippen LogP contribution in [0.4, 0.5) is 32.2 Å². The molecule has 9 nitrogen and oxygen atoms in total. The van der Waals surface area contributed by atoms with E-state index in [-0.39, 0.29) is 40.9 Å². The fourth-order valence-corrected chi connectivity index (χ4v) is 6.07. The lowest BCUT2D eigenvalue weighted by atomic mass is 10.1. The summed E-state index contributed by atoms with van der Waals surface area (Å²) in [5.74, 6) is -2.15. The van der Waals surface area contributed by atoms with Gasteiger partial charge in [-0.1, -0.05) is 13.3 Å². The van der Waals surface area contributed by atoms with Gasteiger partial charge in [0.05, 0.1) is 35.8 Å². The number of hydrogen-bond donors (Lipinski definition) is 3. The molecule has 0 aromatic carbocycles. The van der Waals surface area contributed by atoms with E-state index in [1.165, 1.54) is 0 Å². The number of hydrogen-bond acceptors (Lipinski definition) is 8. The number of anilines is 1. The van der Waals surface area contributed by atoms with Crippen molar-refractivity contribution in [3.05, 3.63) is 28.5 Å². The quantitative estimate of drug-likeness (QED) is 0.360. The van der Waals surface area contributed by atoms with Gasteiger partial charge in [0.2, 0.25) is 0 Å². The van der Waals surface area contributed by atoms with Gasteiger partial charge in [0, 0.05) is 23.8 Å². The second kappa shape index (κ2) is 12.3. The number of aromatic nitrogens is 2. The molecule has 2 fully saturated rings. The van der Waals surface area contributed by atoms with Crippen LogP contribution in [0.15, 0.2) is 12.3 Å². The van der Waals surface area contributed by atoms with Gasteiger partial charge in [0.15, 0.2) is 5.01 Å². The molecular weight excluding hydrogens is 592 g/mol. The predicted octanol–water partition coefficient (Wildman–Crippen LogP) is 4.87. The van der Waals surface area contributed by atoms with E-state index in [4.69, 9.17) is 4.74 Å². The summed E-state index contributed by atoms with van der Waals surface area (Å²) in [6.07, 6.45) is -7.28. The minimum absolute atomic E-state index is 0.00781. The number of thiazole rings is 1. The van der Waals surface area contributed by atoms with Crippen molar-refractivity contribution in [2.24, 2.45) is 0 Å². The fraction of sp³-hybridized carbons (Fsp3) is 0.615. The lowest BCUT2D eigenvalue weighted by Gasteiger charge is -2.28. The van der Waals surface area contributed by atoms with Gasteiger partial charge in [-0.15, -0.1) is 11.3 Å². The number of likely N-dealkylation sites (tertiary alicyclic amines) is 1. The Morgan fingerprint density at radius 3 is 2.52 bits per heavy atom. The Hall–Kier alpha value is -2.98. The number of aliphatic hydroxyl groups excluding tert-OH is 1. The van der Waals surface area contributed by atoms with Crippen LogP contribution in [-0.2, 0) is 10.9 Å². The van der Waals surface area contributed by atoms with Crippen LogP contribution in [0, 0.1) is 0 Å². The first kappa shape index (κ1) is 31.9. The molecule has 0 spiro atoms. The van der Waals surface area contributed by atoms with Gasteiger partial charge in [0.1, 0.15) is 17.6 Å². The average molecular weight is 624 g/mol. The molecule has 0 aliphatic carbocycles. The zero-order chi connectivity index (χ0) is 31.0. The number of amides is 2. The molecule has 0 radical (unpaired) electrons. The van der Waals surface area contributed by atoms with Crippen molar-refractivity contribution in [3.8, 4) is 10.4 Å². The number of carbonyl (C=O) groups is 2. The number of carbonyl (C=O) groups excluding carboxylic acids is 2. The maximum Gasteiger partial charge on any atom is 0.417 e. The molecule has 16 heteroatoms. The summed E-state index contributed by atoms with van der Waals surface area (Å²) in [5, 5.41) is 14.1. The second-order valence-corrected chi connectivity index (χ2v) is 11.5. The zero-order valence-electron chi connectivity index (χ0n) is 23.0. The van der Waals surface area contributed by atoms with Gasteiger partial charge in [-0.3, -0.25) is 9.59 Å². The van der Waals surface area contributed by atoms with E-state index in [1.54, 1.807) is 4.90 Å². The van der Waals surface area contributed by atoms with E-state index in [9.17, 15) is 41.0 Å². The Balaban J connectivity index is 1.81. The first-order valence-electron chi connectivity index (χ1n) is 13.4. The number of aliphatic hydroxyl groups is 1. The van der Waals surface area contributed by atoms with Crippen LogP contribution in [-0.4, -0.2) is 81.5 Å². The van der Waals surface area contributed by atoms with Crippen LogP contribution in [0.1, 0.15) is 72.3 Å². The number of rotatable bonds is 8. The smallest absolute Gasteiger partial charge is 0.388 e. The first-order chi connectivity index (χ1) is 19.6. The summed E-state index contributed by atoms with van der Waals surface area (Å²) in [4.78, 5) is 36.2. The summed E-state index contributed by atoms with van der Waals surface area (Å²) in [5.41, 5.74) is -2.34. The molecule has 232 valence electrons. The minimum atomic E-state index is -5.06. The molecule has 2 aromatic rings. The molecule has 2 amide bonds. The summed E-state index contributed by atoms with van der Waals surface area (Å²) in [6.45, 7) is 4.49. The van der Waals surface area contributed by atoms with Crippen LogP contribution < -0.4 is 10.6 Å². The predicted molar refractivity (Wildman–Crippen MR) is 141 cm³/mol. The standard InChI is InChI=1S/C26H31F6N5O4S/c1-4-5-14-7-6-12(2)37(14)24(40)20-21(42-23(36-20)22(39)35-17-10-41-11-18(17)38)15-9-33-19(8-16(15)26(30,31)32)34-13(3)25(27,28)29/h8-9,12-14,17-18,38H,4-7,10-11H2,1-3H3,(H,33,34)(H,35,39)/t12?,13-,14?,17+,18+/m0/s1. The van der Waals surface area contributed by atoms with Crippen molar-refractivity contribution < 1.29 is 45.8 Å². The second-order valence-electron chi connectivity index (χ2n) is 10.5. The molecule has 0 saturated carbocycles. The molecule has 2 saturated heterocycles. The maximum atomic E-state index is 14.3. The molecule has 2 unspecified atom stereocenters. The van der Waals surface area contributed by atoms with Gasteiger partial charge >= 0.3 is 12.4 Å². The van der Waals surface area contributed by atoms with Crippen LogP contribution >= 0.6 is 11.3 Å². The molecule has 42 heavy (non-hydrogen) atoms. The van der Waals surface area contributed by atoms with Crippen LogP contribution in [0.2, 0.25) is 0 Å². The highest BCUT2D eigenvalue weighted by Crippen LogP contribution is 2.42. The lowest BCUT2D eigenvalue weighted by Crippen LogP contribution is -2.42. The third kappa shape index (κ3) is 6.80. The summed E-state index contributed by atoms with van der Waals surface area (Å²) >= 11 is 0.529. The maximum absolute atomic E-state index is 14.3. The summed E-state index contributed by atoms with van der Waals surface area (Å²) < 4.78 is 87.2. The molecule has 2 aromatic heterocycles. The molecule has 4 heterocycles. The zero-order valence-corrected chi connectivity index (χ0v) is 23.8. The van der Waals surface area contributed by atoms with E-state index in [0.717, 1.165) is 19.5 Å². The molecule has 5 atom stereocenters. The van der Waals surface area contributed by atoms with E-state index in [1.807, 2.05) is 19.2 Å². The number of ether oxygens (including phenoxy) is 1. The Labute approximate surface area is 241 Å². The lowest BCUT2D eigenvalue weighted by molar-refractivity contribution is -0.138. The van der Waals surface area contributed by atoms with Gasteiger partial charge in [-0.2, -0.15) is 26.3 Å². The van der Waals surface area contributed by atoms with Crippen molar-refractivity contribution in [2.75, 3.05) is 18.5 Å². The SMILES string of the molecule is CCCC1CCC(C)N1C(=O)c1nc(C(=O)N[C@@H]2COC[C@H]2O)sc1-c1cnc(N[C@@H](C)C(F)(F)F)cc1C(F)(F)F. The third-order valence-corrected chi connectivity index (χ3v) is 8.43. The van der Waals surface area contributed by atoms with Crippen LogP contribution in [0.3, 0.4) is 0 Å². The van der Waals surface area contributed by atoms with Crippen molar-refractivity contribution >= 4 is 29.0 Å². The van der Waals surface area contributed by atoms with Crippen molar-refractivity contribution in [3.63, 3.8) is 0 Å². The van der Waals surface area contributed by atoms with Crippen molar-refractivity contribution in [1.29, 1.82) is 0 Å². The van der Waals surface area contributed by atoms with E-state index >= 15 is 0 Å². The van der Waals surface area contributed by atoms with Crippen molar-refractivity contribution in [1.82, 2.24) is 20.2 Å². The number of halogens is 6. The third-order valence-electron chi connectivity index (χ3n) is 7.34. The van der Waals surface area contributed by atoms with Crippen LogP contribution in [0.5, 0.6) is 0 Å². The largest absolute Gasteiger partial charge is 0.417 e. The topological polar surface area (TPSA) is 117 Å². The summed E-state index contributed by atoms with van der Waals surface area (Å²) in [7, 11) is 0. The van der Waals surface area contributed by atoms with Crippen LogP contribution in [0.25, 0.3) is 10.4 Å². The minimum Gasteiger partial charge on any atom is -0.388 e. The van der Waals surface area contributed by atoms with Crippen molar-refractivity contribution in [2.45, 2.75) is 89.1 Å². The Kier molecular flexibility index (Phi) is 9.37. The monoisotopic (exact) mass is 623 g/mol. The van der Waals surface area contributed by atoms with E-state index < -0.39 is 59.3 Å². The normalized spacial score (nSPS) is 23.7. The Morgan fingerprint density at radius 1 is 1.21 bits per heavy atom. The molecule has 3 N–H and O–H groups in total.